The summed E-state index contributed by atoms with van der Waals surface area (Å²) in [6.07, 6.45) is 7.67. The van der Waals surface area contributed by atoms with Crippen LogP contribution < -0.4 is 10.6 Å². The van der Waals surface area contributed by atoms with Crippen molar-refractivity contribution < 1.29 is 0 Å². The van der Waals surface area contributed by atoms with Crippen LogP contribution in [-0.4, -0.2) is 41.3 Å². The van der Waals surface area contributed by atoms with Gasteiger partial charge < -0.3 is 10.6 Å². The quantitative estimate of drug-likeness (QED) is 0.679. The molecule has 3 aromatic rings. The normalized spacial score (nSPS) is 18.3. The fourth-order valence-corrected chi connectivity index (χ4v) is 4.43. The van der Waals surface area contributed by atoms with Crippen molar-refractivity contribution in [1.82, 2.24) is 15.0 Å². The summed E-state index contributed by atoms with van der Waals surface area (Å²) < 4.78 is 1.04. The Kier molecular flexibility index (Phi) is 5.34. The van der Waals surface area contributed by atoms with Crippen molar-refractivity contribution >= 4 is 39.3 Å². The van der Waals surface area contributed by atoms with E-state index in [9.17, 15) is 0 Å². The summed E-state index contributed by atoms with van der Waals surface area (Å²) in [6, 6.07) is 8.19. The third kappa shape index (κ3) is 3.75. The van der Waals surface area contributed by atoms with Gasteiger partial charge in [0.05, 0.1) is 10.4 Å². The minimum Gasteiger partial charge on any atom is -0.404 e. The summed E-state index contributed by atoms with van der Waals surface area (Å²) in [5, 5.41) is 0.924. The molecule has 1 aliphatic rings. The monoisotopic (exact) mass is 392 g/mol. The zero-order chi connectivity index (χ0) is 19.5. The number of anilines is 1. The molecule has 1 aliphatic heterocycles. The Morgan fingerprint density at radius 3 is 2.89 bits per heavy atom. The molecular weight excluding hydrogens is 368 g/mol. The van der Waals surface area contributed by atoms with Crippen LogP contribution in [0.1, 0.15) is 25.5 Å². The van der Waals surface area contributed by atoms with Crippen molar-refractivity contribution in [1.29, 1.82) is 0 Å². The number of piperidine rings is 1. The van der Waals surface area contributed by atoms with Gasteiger partial charge in [0.1, 0.15) is 10.8 Å². The number of aliphatic imine (C=N–C) groups is 1. The second kappa shape index (κ2) is 8.06. The number of aromatic nitrogens is 3. The topological polar surface area (TPSA) is 80.3 Å². The lowest BCUT2D eigenvalue weighted by Crippen LogP contribution is -2.34. The van der Waals surface area contributed by atoms with Crippen molar-refractivity contribution in [3.05, 3.63) is 42.4 Å². The maximum absolute atomic E-state index is 5.69. The third-order valence-electron chi connectivity index (χ3n) is 4.97. The average Bonchev–Trinajstić information content (AvgIpc) is 3.15. The number of fused-ring (bicyclic) bond motifs is 1. The maximum Gasteiger partial charge on any atom is 0.171 e. The molecule has 1 unspecified atom stereocenters. The summed E-state index contributed by atoms with van der Waals surface area (Å²) in [4.78, 5) is 20.5. The molecule has 0 amide bonds. The zero-order valence-electron chi connectivity index (χ0n) is 16.2. The predicted octanol–water partition coefficient (Wildman–Crippen LogP) is 3.99. The smallest absolute Gasteiger partial charge is 0.171 e. The number of nitrogens with two attached hydrogens (primary N) is 1. The van der Waals surface area contributed by atoms with E-state index in [1.807, 2.05) is 18.3 Å². The summed E-state index contributed by atoms with van der Waals surface area (Å²) in [6.45, 7) is 4.47. The molecule has 0 bridgehead atoms. The molecule has 1 saturated heterocycles. The van der Waals surface area contributed by atoms with Crippen LogP contribution in [0.5, 0.6) is 0 Å². The van der Waals surface area contributed by atoms with Crippen LogP contribution in [0.3, 0.4) is 0 Å². The number of thiazole rings is 1. The third-order valence-corrected chi connectivity index (χ3v) is 6.03. The van der Waals surface area contributed by atoms with E-state index in [-0.39, 0.29) is 0 Å². The molecule has 1 fully saturated rings. The highest BCUT2D eigenvalue weighted by Gasteiger charge is 2.18. The second-order valence-electron chi connectivity index (χ2n) is 7.15. The molecule has 0 aliphatic carbocycles. The van der Waals surface area contributed by atoms with Crippen LogP contribution in [0.25, 0.3) is 26.5 Å². The van der Waals surface area contributed by atoms with Gasteiger partial charge >= 0.3 is 0 Å². The highest BCUT2D eigenvalue weighted by atomic mass is 32.1. The molecule has 6 nitrogen and oxygen atoms in total. The number of pyridine rings is 2. The van der Waals surface area contributed by atoms with E-state index < -0.39 is 0 Å². The molecule has 4 rings (SSSR count). The van der Waals surface area contributed by atoms with Gasteiger partial charge in [0.15, 0.2) is 5.65 Å². The van der Waals surface area contributed by atoms with Crippen molar-refractivity contribution in [2.75, 3.05) is 25.0 Å². The van der Waals surface area contributed by atoms with E-state index in [1.165, 1.54) is 19.0 Å². The van der Waals surface area contributed by atoms with Gasteiger partial charge in [0.2, 0.25) is 0 Å². The van der Waals surface area contributed by atoms with Crippen LogP contribution in [-0.2, 0) is 0 Å². The Balaban J connectivity index is 1.60. The lowest BCUT2D eigenvalue weighted by molar-refractivity contribution is 0.444. The maximum atomic E-state index is 5.69. The molecular formula is C21H24N6S. The Bertz CT molecular complexity index is 1020. The molecule has 4 heterocycles. The molecule has 144 valence electrons. The molecule has 0 aromatic carbocycles. The molecule has 28 heavy (non-hydrogen) atoms. The second-order valence-corrected chi connectivity index (χ2v) is 8.18. The van der Waals surface area contributed by atoms with E-state index in [0.717, 1.165) is 57.0 Å². The molecule has 0 spiro atoms. The van der Waals surface area contributed by atoms with Crippen LogP contribution in [0, 0.1) is 5.92 Å². The van der Waals surface area contributed by atoms with Crippen molar-refractivity contribution in [3.63, 3.8) is 0 Å². The number of allylic oxidation sites excluding steroid dienone is 1. The van der Waals surface area contributed by atoms with E-state index in [4.69, 9.17) is 15.7 Å². The molecule has 1 atom stereocenters. The first-order chi connectivity index (χ1) is 13.7. The summed E-state index contributed by atoms with van der Waals surface area (Å²) in [5.41, 5.74) is 8.97. The van der Waals surface area contributed by atoms with Gasteiger partial charge in [-0.3, -0.25) is 4.99 Å². The van der Waals surface area contributed by atoms with Crippen LogP contribution in [0.4, 0.5) is 5.82 Å². The molecule has 0 radical (unpaired) electrons. The van der Waals surface area contributed by atoms with Gasteiger partial charge in [0.25, 0.3) is 0 Å². The SMILES string of the molecule is CN=CC(=CN)c1ccc2sc(-c3ccc(N4CCCC(C)C4)nc3)nc2n1. The van der Waals surface area contributed by atoms with Crippen molar-refractivity contribution in [2.24, 2.45) is 16.6 Å². The number of hydrogen-bond donors (Lipinski definition) is 1. The molecule has 0 saturated carbocycles. The standard InChI is InChI=1S/C21H24N6S/c1-14-4-3-9-27(13-14)19-8-5-15(12-24-19)21-26-20-18(28-21)7-6-17(25-20)16(10-22)11-23-2/h5-8,10-12,14H,3-4,9,13,22H2,1-2H3. The zero-order valence-corrected chi connectivity index (χ0v) is 17.0. The number of hydrogen-bond acceptors (Lipinski definition) is 7. The number of rotatable bonds is 4. The van der Waals surface area contributed by atoms with Crippen LogP contribution >= 0.6 is 11.3 Å². The first-order valence-electron chi connectivity index (χ1n) is 9.51. The summed E-state index contributed by atoms with van der Waals surface area (Å²) >= 11 is 1.62. The first kappa shape index (κ1) is 18.6. The van der Waals surface area contributed by atoms with E-state index in [1.54, 1.807) is 24.6 Å². The van der Waals surface area contributed by atoms with E-state index >= 15 is 0 Å². The van der Waals surface area contributed by atoms with Crippen molar-refractivity contribution in [3.8, 4) is 10.6 Å². The summed E-state index contributed by atoms with van der Waals surface area (Å²) in [7, 11) is 1.71. The lowest BCUT2D eigenvalue weighted by Gasteiger charge is -2.31. The Morgan fingerprint density at radius 1 is 1.29 bits per heavy atom. The van der Waals surface area contributed by atoms with Gasteiger partial charge in [-0.05, 0) is 43.0 Å². The van der Waals surface area contributed by atoms with Crippen LogP contribution in [0.2, 0.25) is 0 Å². The Morgan fingerprint density at radius 2 is 2.18 bits per heavy atom. The largest absolute Gasteiger partial charge is 0.404 e. The average molecular weight is 393 g/mol. The number of nitrogens with zero attached hydrogens (tertiary/aromatic N) is 5. The van der Waals surface area contributed by atoms with Gasteiger partial charge in [-0.15, -0.1) is 11.3 Å². The highest BCUT2D eigenvalue weighted by Crippen LogP contribution is 2.31. The molecule has 2 N–H and O–H groups in total. The van der Waals surface area contributed by atoms with E-state index in [2.05, 4.69) is 33.9 Å². The molecule has 7 heteroatoms. The van der Waals surface area contributed by atoms with Crippen LogP contribution in [0.15, 0.2) is 41.7 Å². The fraction of sp³-hybridized carbons (Fsp3) is 0.333. The van der Waals surface area contributed by atoms with Gasteiger partial charge in [-0.1, -0.05) is 6.92 Å². The lowest BCUT2D eigenvalue weighted by atomic mass is 10.0. The minimum atomic E-state index is 0.718. The Labute approximate surface area is 168 Å². The predicted molar refractivity (Wildman–Crippen MR) is 118 cm³/mol. The minimum absolute atomic E-state index is 0.718. The molecule has 3 aromatic heterocycles. The van der Waals surface area contributed by atoms with Crippen molar-refractivity contribution in [2.45, 2.75) is 19.8 Å². The van der Waals surface area contributed by atoms with Gasteiger partial charge in [0, 0.05) is 49.9 Å². The van der Waals surface area contributed by atoms with Gasteiger partial charge in [-0.2, -0.15) is 0 Å². The van der Waals surface area contributed by atoms with Gasteiger partial charge in [-0.25, -0.2) is 15.0 Å². The first-order valence-corrected chi connectivity index (χ1v) is 10.3. The highest BCUT2D eigenvalue weighted by molar-refractivity contribution is 7.21. The fourth-order valence-electron chi connectivity index (χ4n) is 3.53. The Hall–Kier alpha value is -2.80. The van der Waals surface area contributed by atoms with E-state index in [0.29, 0.717) is 0 Å². The summed E-state index contributed by atoms with van der Waals surface area (Å²) in [5.74, 6) is 1.78.